The highest BCUT2D eigenvalue weighted by Crippen LogP contribution is 2.43. The van der Waals surface area contributed by atoms with Crippen LogP contribution in [-0.4, -0.2) is 49.7 Å². The molecule has 2 aliphatic heterocycles. The summed E-state index contributed by atoms with van der Waals surface area (Å²) in [6, 6.07) is 0. The molecule has 6 nitrogen and oxygen atoms in total. The Balaban J connectivity index is 2.49. The molecule has 0 aromatic heterocycles. The lowest BCUT2D eigenvalue weighted by Gasteiger charge is -2.32. The van der Waals surface area contributed by atoms with Gasteiger partial charge in [-0.15, -0.1) is 0 Å². The van der Waals surface area contributed by atoms with Crippen molar-refractivity contribution in [3.8, 4) is 0 Å². The molecule has 0 atom stereocenters. The standard InChI is InChI=1S/C22H40B2O6/c1-11-12-13-14-15-16(23-27-19(2,3)20(4,5)28-23)17(18(25)26-10)24-29-21(6,7)22(8,9)30-24/h11-15H2,1-10H3/b17-16-. The van der Waals surface area contributed by atoms with Crippen LogP contribution in [0.2, 0.25) is 0 Å². The lowest BCUT2D eigenvalue weighted by atomic mass is 9.63. The summed E-state index contributed by atoms with van der Waals surface area (Å²) in [7, 11) is -0.0978. The minimum atomic E-state index is -0.831. The molecular weight excluding hydrogens is 382 g/mol. The van der Waals surface area contributed by atoms with Crippen molar-refractivity contribution >= 4 is 20.2 Å². The zero-order valence-corrected chi connectivity index (χ0v) is 20.6. The zero-order chi connectivity index (χ0) is 23.0. The molecule has 0 aliphatic carbocycles. The highest BCUT2D eigenvalue weighted by molar-refractivity contribution is 6.67. The molecule has 2 rings (SSSR count). The summed E-state index contributed by atoms with van der Waals surface area (Å²) in [5.41, 5.74) is -1.03. The average molecular weight is 422 g/mol. The number of unbranched alkanes of at least 4 members (excludes halogenated alkanes) is 3. The minimum absolute atomic E-state index is 0.367. The fourth-order valence-corrected chi connectivity index (χ4v) is 3.56. The molecule has 170 valence electrons. The van der Waals surface area contributed by atoms with Crippen LogP contribution in [0.15, 0.2) is 10.9 Å². The quantitative estimate of drug-likeness (QED) is 0.245. The SMILES string of the molecule is CCCCCC/C(B1OC(C)(C)C(C)(C)O1)=C(/B1OC(C)(C)C(C)(C)O1)C(=O)OC. The van der Waals surface area contributed by atoms with Crippen molar-refractivity contribution in [2.75, 3.05) is 7.11 Å². The predicted molar refractivity (Wildman–Crippen MR) is 120 cm³/mol. The van der Waals surface area contributed by atoms with Gasteiger partial charge in [0.25, 0.3) is 0 Å². The normalized spacial score (nSPS) is 24.7. The van der Waals surface area contributed by atoms with Gasteiger partial charge in [-0.3, -0.25) is 0 Å². The van der Waals surface area contributed by atoms with Crippen molar-refractivity contribution in [3.63, 3.8) is 0 Å². The summed E-state index contributed by atoms with van der Waals surface area (Å²) in [6.45, 7) is 18.1. The molecule has 2 fully saturated rings. The first kappa shape index (κ1) is 25.4. The molecular formula is C22H40B2O6. The third-order valence-electron chi connectivity index (χ3n) is 7.08. The number of rotatable bonds is 8. The Bertz CT molecular complexity index is 637. The zero-order valence-electron chi connectivity index (χ0n) is 20.6. The molecule has 30 heavy (non-hydrogen) atoms. The molecule has 8 heteroatoms. The van der Waals surface area contributed by atoms with Crippen LogP contribution in [0.5, 0.6) is 0 Å². The van der Waals surface area contributed by atoms with Gasteiger partial charge >= 0.3 is 20.2 Å². The highest BCUT2D eigenvalue weighted by Gasteiger charge is 2.58. The van der Waals surface area contributed by atoms with E-state index in [1.807, 2.05) is 55.4 Å². The Morgan fingerprint density at radius 1 is 0.733 bits per heavy atom. The van der Waals surface area contributed by atoms with Crippen LogP contribution in [0, 0.1) is 0 Å². The molecule has 0 bridgehead atoms. The monoisotopic (exact) mass is 422 g/mol. The minimum Gasteiger partial charge on any atom is -0.466 e. The number of hydrogen-bond donors (Lipinski definition) is 0. The van der Waals surface area contributed by atoms with Gasteiger partial charge in [0.15, 0.2) is 0 Å². The van der Waals surface area contributed by atoms with E-state index in [0.29, 0.717) is 11.9 Å². The Morgan fingerprint density at radius 2 is 1.17 bits per heavy atom. The second-order valence-corrected chi connectivity index (χ2v) is 10.4. The summed E-state index contributed by atoms with van der Waals surface area (Å²) < 4.78 is 30.3. The molecule has 2 heterocycles. The Kier molecular flexibility index (Phi) is 7.61. The van der Waals surface area contributed by atoms with Gasteiger partial charge in [-0.25, -0.2) is 4.79 Å². The molecule has 0 N–H and O–H groups in total. The van der Waals surface area contributed by atoms with Gasteiger partial charge in [0.05, 0.1) is 35.0 Å². The third kappa shape index (κ3) is 4.98. The number of allylic oxidation sites excluding steroid dienone is 1. The van der Waals surface area contributed by atoms with Crippen LogP contribution in [0.4, 0.5) is 0 Å². The average Bonchev–Trinajstić information content (AvgIpc) is 2.96. The van der Waals surface area contributed by atoms with Crippen molar-refractivity contribution < 1.29 is 28.1 Å². The largest absolute Gasteiger partial charge is 0.501 e. The van der Waals surface area contributed by atoms with E-state index in [1.165, 1.54) is 7.11 Å². The summed E-state index contributed by atoms with van der Waals surface area (Å²) >= 11 is 0. The predicted octanol–water partition coefficient (Wildman–Crippen LogP) is 4.69. The summed E-state index contributed by atoms with van der Waals surface area (Å²) in [5, 5.41) is 0. The van der Waals surface area contributed by atoms with Gasteiger partial charge in [-0.2, -0.15) is 0 Å². The van der Waals surface area contributed by atoms with Crippen molar-refractivity contribution in [2.45, 2.75) is 117 Å². The van der Waals surface area contributed by atoms with Crippen LogP contribution < -0.4 is 0 Å². The molecule has 0 spiro atoms. The van der Waals surface area contributed by atoms with E-state index in [0.717, 1.165) is 31.2 Å². The Hall–Kier alpha value is -0.820. The first-order chi connectivity index (χ1) is 13.7. The fraction of sp³-hybridized carbons (Fsp3) is 0.864. The van der Waals surface area contributed by atoms with Crippen molar-refractivity contribution in [2.24, 2.45) is 0 Å². The van der Waals surface area contributed by atoms with E-state index >= 15 is 0 Å². The van der Waals surface area contributed by atoms with Crippen LogP contribution in [0.3, 0.4) is 0 Å². The molecule has 0 saturated carbocycles. The van der Waals surface area contributed by atoms with Crippen molar-refractivity contribution in [1.29, 1.82) is 0 Å². The van der Waals surface area contributed by atoms with Gasteiger partial charge in [-0.05, 0) is 67.3 Å². The maximum atomic E-state index is 13.0. The first-order valence-corrected chi connectivity index (χ1v) is 11.2. The first-order valence-electron chi connectivity index (χ1n) is 11.2. The number of carbonyl (C=O) groups excluding carboxylic acids is 1. The number of esters is 1. The number of ether oxygens (including phenoxy) is 1. The van der Waals surface area contributed by atoms with Gasteiger partial charge in [-0.1, -0.05) is 32.6 Å². The van der Waals surface area contributed by atoms with Crippen LogP contribution in [-0.2, 0) is 28.1 Å². The van der Waals surface area contributed by atoms with E-state index in [9.17, 15) is 4.79 Å². The number of hydrogen-bond acceptors (Lipinski definition) is 6. The van der Waals surface area contributed by atoms with Crippen LogP contribution >= 0.6 is 0 Å². The molecule has 2 aliphatic rings. The topological polar surface area (TPSA) is 63.2 Å². The van der Waals surface area contributed by atoms with Gasteiger partial charge in [0, 0.05) is 0 Å². The molecule has 0 unspecified atom stereocenters. The summed E-state index contributed by atoms with van der Waals surface area (Å²) in [5.74, 6) is -0.464. The van der Waals surface area contributed by atoms with Gasteiger partial charge < -0.3 is 23.4 Å². The molecule has 0 amide bonds. The number of carbonyl (C=O) groups is 1. The van der Waals surface area contributed by atoms with E-state index in [-0.39, 0.29) is 0 Å². The van der Waals surface area contributed by atoms with Crippen molar-refractivity contribution in [1.82, 2.24) is 0 Å². The van der Waals surface area contributed by atoms with Gasteiger partial charge in [0.2, 0.25) is 0 Å². The molecule has 0 aromatic rings. The van der Waals surface area contributed by atoms with Crippen LogP contribution in [0.25, 0.3) is 0 Å². The molecule has 2 saturated heterocycles. The number of methoxy groups -OCH3 is 1. The van der Waals surface area contributed by atoms with Crippen LogP contribution in [0.1, 0.15) is 94.4 Å². The summed E-state index contributed by atoms with van der Waals surface area (Å²) in [4.78, 5) is 13.0. The maximum absolute atomic E-state index is 13.0. The Morgan fingerprint density at radius 3 is 1.57 bits per heavy atom. The second-order valence-electron chi connectivity index (χ2n) is 10.4. The Labute approximate surface area is 183 Å². The smallest absolute Gasteiger partial charge is 0.466 e. The van der Waals surface area contributed by atoms with E-state index in [1.54, 1.807) is 0 Å². The highest BCUT2D eigenvalue weighted by atomic mass is 16.7. The lowest BCUT2D eigenvalue weighted by molar-refractivity contribution is -0.135. The van der Waals surface area contributed by atoms with E-state index < -0.39 is 42.6 Å². The summed E-state index contributed by atoms with van der Waals surface area (Å²) in [6.07, 6.45) is 4.92. The second kappa shape index (κ2) is 8.97. The lowest BCUT2D eigenvalue weighted by Crippen LogP contribution is -2.41. The fourth-order valence-electron chi connectivity index (χ4n) is 3.56. The van der Waals surface area contributed by atoms with Gasteiger partial charge in [0.1, 0.15) is 0 Å². The van der Waals surface area contributed by atoms with Crippen molar-refractivity contribution in [3.05, 3.63) is 10.9 Å². The molecule has 0 radical (unpaired) electrons. The van der Waals surface area contributed by atoms with E-state index in [2.05, 4.69) is 6.92 Å². The molecule has 0 aromatic carbocycles. The maximum Gasteiger partial charge on any atom is 0.501 e. The van der Waals surface area contributed by atoms with E-state index in [4.69, 9.17) is 23.4 Å². The third-order valence-corrected chi connectivity index (χ3v) is 7.08.